The standard InChI is InChI=1S/C35H42N4O6/c1-21(2)20-44-35(42)45-32-29(43-5)16-17-36-30(32)34(41)37-22(3)33(40)38-39(4)31(27-10-6-8-25(18-27)23-12-13-23)28-11-7-9-26(19-28)24-14-15-24/h6-11,16-19,21-24,31H,12-15,20H2,1-5H3,(H,37,41)(H,38,40)/t22-/m0/s1. The molecule has 1 heterocycles. The molecule has 2 amide bonds. The van der Waals surface area contributed by atoms with Gasteiger partial charge in [-0.15, -0.1) is 0 Å². The van der Waals surface area contributed by atoms with Crippen molar-refractivity contribution in [2.75, 3.05) is 20.8 Å². The molecule has 0 unspecified atom stereocenters. The minimum atomic E-state index is -0.987. The molecule has 0 radical (unpaired) electrons. The molecule has 1 aromatic heterocycles. The van der Waals surface area contributed by atoms with E-state index in [4.69, 9.17) is 14.2 Å². The van der Waals surface area contributed by atoms with Crippen molar-refractivity contribution in [3.8, 4) is 11.5 Å². The molecule has 5 rings (SSSR count). The summed E-state index contributed by atoms with van der Waals surface area (Å²) in [5.74, 6) is 0.0769. The summed E-state index contributed by atoms with van der Waals surface area (Å²) >= 11 is 0. The topological polar surface area (TPSA) is 119 Å². The quantitative estimate of drug-likeness (QED) is 0.181. The van der Waals surface area contributed by atoms with Crippen LogP contribution < -0.4 is 20.2 Å². The van der Waals surface area contributed by atoms with Crippen molar-refractivity contribution in [2.24, 2.45) is 5.92 Å². The number of carbonyl (C=O) groups excluding carboxylic acids is 3. The van der Waals surface area contributed by atoms with Crippen molar-refractivity contribution < 1.29 is 28.6 Å². The van der Waals surface area contributed by atoms with Gasteiger partial charge in [-0.1, -0.05) is 62.4 Å². The number of amides is 2. The lowest BCUT2D eigenvalue weighted by atomic mass is 9.94. The second-order valence-electron chi connectivity index (χ2n) is 12.3. The van der Waals surface area contributed by atoms with Crippen LogP contribution in [0, 0.1) is 5.92 Å². The number of nitrogens with zero attached hydrogens (tertiary/aromatic N) is 2. The zero-order valence-electron chi connectivity index (χ0n) is 26.5. The molecule has 3 aromatic rings. The SMILES string of the molecule is COc1ccnc(C(=O)N[C@@H](C)C(=O)NN(C)C(c2cccc(C3CC3)c2)c2cccc(C3CC3)c2)c1OC(=O)OCC(C)C. The minimum absolute atomic E-state index is 0.0949. The predicted molar refractivity (Wildman–Crippen MR) is 169 cm³/mol. The molecule has 2 aliphatic carbocycles. The molecule has 0 spiro atoms. The molecule has 2 fully saturated rings. The maximum Gasteiger partial charge on any atom is 0.514 e. The summed E-state index contributed by atoms with van der Waals surface area (Å²) < 4.78 is 15.7. The van der Waals surface area contributed by atoms with E-state index in [0.29, 0.717) is 11.8 Å². The molecule has 238 valence electrons. The Kier molecular flexibility index (Phi) is 10.0. The van der Waals surface area contributed by atoms with Gasteiger partial charge in [-0.25, -0.2) is 14.8 Å². The first kappa shape index (κ1) is 32.0. The highest BCUT2D eigenvalue weighted by Gasteiger charge is 2.30. The Morgan fingerprint density at radius 1 is 0.933 bits per heavy atom. The third kappa shape index (κ3) is 8.19. The number of pyridine rings is 1. The molecule has 2 saturated carbocycles. The van der Waals surface area contributed by atoms with Crippen LogP contribution in [-0.2, 0) is 9.53 Å². The van der Waals surface area contributed by atoms with Gasteiger partial charge in [0.15, 0.2) is 11.4 Å². The number of nitrogens with one attached hydrogen (secondary N) is 2. The summed E-state index contributed by atoms with van der Waals surface area (Å²) in [6.07, 6.45) is 5.16. The highest BCUT2D eigenvalue weighted by molar-refractivity contribution is 5.99. The third-order valence-corrected chi connectivity index (χ3v) is 7.99. The lowest BCUT2D eigenvalue weighted by Gasteiger charge is -2.31. The highest BCUT2D eigenvalue weighted by atomic mass is 16.7. The zero-order valence-corrected chi connectivity index (χ0v) is 26.5. The van der Waals surface area contributed by atoms with Gasteiger partial charge < -0.3 is 19.5 Å². The molecule has 0 saturated heterocycles. The third-order valence-electron chi connectivity index (χ3n) is 7.99. The van der Waals surface area contributed by atoms with Gasteiger partial charge in [0, 0.05) is 19.3 Å². The van der Waals surface area contributed by atoms with Gasteiger partial charge in [0.05, 0.1) is 19.8 Å². The molecule has 45 heavy (non-hydrogen) atoms. The van der Waals surface area contributed by atoms with Crippen molar-refractivity contribution in [3.05, 3.63) is 88.7 Å². The summed E-state index contributed by atoms with van der Waals surface area (Å²) in [4.78, 5) is 43.2. The number of carbonyl (C=O) groups is 3. The van der Waals surface area contributed by atoms with Crippen LogP contribution in [0.5, 0.6) is 11.5 Å². The number of aromatic nitrogens is 1. The number of ether oxygens (including phenoxy) is 3. The van der Waals surface area contributed by atoms with Crippen LogP contribution >= 0.6 is 0 Å². The fourth-order valence-electron chi connectivity index (χ4n) is 5.30. The number of methoxy groups -OCH3 is 1. The van der Waals surface area contributed by atoms with E-state index in [9.17, 15) is 14.4 Å². The first-order valence-corrected chi connectivity index (χ1v) is 15.6. The normalized spacial score (nSPS) is 15.1. The van der Waals surface area contributed by atoms with E-state index >= 15 is 0 Å². The number of rotatable bonds is 13. The first-order chi connectivity index (χ1) is 21.6. The molecule has 2 aromatic carbocycles. The van der Waals surface area contributed by atoms with E-state index in [1.54, 1.807) is 11.9 Å². The average molecular weight is 615 g/mol. The van der Waals surface area contributed by atoms with Gasteiger partial charge in [0.1, 0.15) is 6.04 Å². The van der Waals surface area contributed by atoms with Crippen molar-refractivity contribution >= 4 is 18.0 Å². The van der Waals surface area contributed by atoms with Gasteiger partial charge in [0.25, 0.3) is 11.8 Å². The van der Waals surface area contributed by atoms with E-state index in [0.717, 1.165) is 11.1 Å². The Bertz CT molecular complexity index is 1480. The van der Waals surface area contributed by atoms with Gasteiger partial charge in [0.2, 0.25) is 5.75 Å². The molecule has 2 aliphatic rings. The van der Waals surface area contributed by atoms with Crippen LogP contribution in [0.3, 0.4) is 0 Å². The fraction of sp³-hybridized carbons (Fsp3) is 0.429. The maximum absolute atomic E-state index is 13.5. The summed E-state index contributed by atoms with van der Waals surface area (Å²) in [5.41, 5.74) is 7.57. The summed E-state index contributed by atoms with van der Waals surface area (Å²) in [7, 11) is 3.22. The van der Waals surface area contributed by atoms with Gasteiger partial charge in [-0.3, -0.25) is 15.0 Å². The van der Waals surface area contributed by atoms with Crippen LogP contribution in [-0.4, -0.2) is 54.8 Å². The fourth-order valence-corrected chi connectivity index (χ4v) is 5.30. The molecule has 10 nitrogen and oxygen atoms in total. The largest absolute Gasteiger partial charge is 0.514 e. The average Bonchev–Trinajstić information content (AvgIpc) is 3.94. The Morgan fingerprint density at radius 2 is 1.53 bits per heavy atom. The Morgan fingerprint density at radius 3 is 2.07 bits per heavy atom. The van der Waals surface area contributed by atoms with Crippen molar-refractivity contribution in [2.45, 2.75) is 70.4 Å². The monoisotopic (exact) mass is 614 g/mol. The van der Waals surface area contributed by atoms with Crippen LogP contribution in [0.2, 0.25) is 0 Å². The summed E-state index contributed by atoms with van der Waals surface area (Å²) in [5, 5.41) is 4.47. The van der Waals surface area contributed by atoms with Crippen molar-refractivity contribution in [1.82, 2.24) is 20.7 Å². The van der Waals surface area contributed by atoms with Gasteiger partial charge in [-0.05, 0) is 72.6 Å². The highest BCUT2D eigenvalue weighted by Crippen LogP contribution is 2.43. The number of benzene rings is 2. The maximum atomic E-state index is 13.5. The molecule has 0 bridgehead atoms. The van der Waals surface area contributed by atoms with E-state index < -0.39 is 24.0 Å². The zero-order chi connectivity index (χ0) is 32.1. The minimum Gasteiger partial charge on any atom is -0.493 e. The predicted octanol–water partition coefficient (Wildman–Crippen LogP) is 5.89. The number of hydrazine groups is 1. The molecule has 10 heteroatoms. The van der Waals surface area contributed by atoms with Crippen LogP contribution in [0.1, 0.15) is 97.1 Å². The Balaban J connectivity index is 1.31. The van der Waals surface area contributed by atoms with Crippen LogP contribution in [0.4, 0.5) is 4.79 Å². The summed E-state index contributed by atoms with van der Waals surface area (Å²) in [6.45, 7) is 5.50. The molecule has 1 atom stereocenters. The molecular weight excluding hydrogens is 572 g/mol. The van der Waals surface area contributed by atoms with E-state index in [1.165, 1.54) is 56.2 Å². The lowest BCUT2D eigenvalue weighted by Crippen LogP contribution is -2.51. The van der Waals surface area contributed by atoms with Crippen LogP contribution in [0.15, 0.2) is 60.8 Å². The Hall–Kier alpha value is -4.44. The van der Waals surface area contributed by atoms with Crippen molar-refractivity contribution in [1.29, 1.82) is 0 Å². The van der Waals surface area contributed by atoms with E-state index in [-0.39, 0.29) is 35.8 Å². The lowest BCUT2D eigenvalue weighted by molar-refractivity contribution is -0.127. The second-order valence-corrected chi connectivity index (χ2v) is 12.3. The molecule has 0 aliphatic heterocycles. The Labute approximate surface area is 264 Å². The number of hydrogen-bond acceptors (Lipinski definition) is 8. The first-order valence-electron chi connectivity index (χ1n) is 15.6. The van der Waals surface area contributed by atoms with E-state index in [2.05, 4.69) is 64.3 Å². The van der Waals surface area contributed by atoms with Crippen LogP contribution in [0.25, 0.3) is 0 Å². The van der Waals surface area contributed by atoms with Gasteiger partial charge >= 0.3 is 6.16 Å². The van der Waals surface area contributed by atoms with Gasteiger partial charge in [-0.2, -0.15) is 0 Å². The smallest absolute Gasteiger partial charge is 0.493 e. The second kappa shape index (κ2) is 14.1. The van der Waals surface area contributed by atoms with Crippen molar-refractivity contribution in [3.63, 3.8) is 0 Å². The molecular formula is C35H42N4O6. The number of hydrogen-bond donors (Lipinski definition) is 2. The summed E-state index contributed by atoms with van der Waals surface area (Å²) in [6, 6.07) is 17.4. The molecule has 2 N–H and O–H groups in total. The van der Waals surface area contributed by atoms with E-state index in [1.807, 2.05) is 20.9 Å².